The molecule has 1 amide bonds. The van der Waals surface area contributed by atoms with Gasteiger partial charge in [-0.05, 0) is 68.1 Å². The van der Waals surface area contributed by atoms with Gasteiger partial charge in [-0.1, -0.05) is 48.9 Å². The van der Waals surface area contributed by atoms with Crippen molar-refractivity contribution < 1.29 is 4.79 Å². The van der Waals surface area contributed by atoms with E-state index in [2.05, 4.69) is 43.9 Å². The zero-order valence-corrected chi connectivity index (χ0v) is 20.8. The fourth-order valence-corrected chi connectivity index (χ4v) is 5.44. The van der Waals surface area contributed by atoms with E-state index in [0.29, 0.717) is 13.0 Å². The maximum Gasteiger partial charge on any atom is 0.228 e. The SMILES string of the molecule is CCN(CC)CCN(C(=O)CCCSc1ccc(Cl)cc1)c1nc2c(C)cccc2s1. The molecule has 0 atom stereocenters. The highest BCUT2D eigenvalue weighted by Gasteiger charge is 2.20. The number of amides is 1. The molecule has 0 aliphatic carbocycles. The van der Waals surface area contributed by atoms with Crippen LogP contribution in [0.25, 0.3) is 10.2 Å². The molecule has 0 spiro atoms. The molecule has 0 fully saturated rings. The molecule has 1 heterocycles. The molecular formula is C24H30ClN3OS2. The quantitative estimate of drug-likeness (QED) is 0.234. The molecule has 2 aromatic carbocycles. The van der Waals surface area contributed by atoms with Crippen LogP contribution < -0.4 is 4.90 Å². The highest BCUT2D eigenvalue weighted by Crippen LogP contribution is 2.31. The Morgan fingerprint density at radius 2 is 1.84 bits per heavy atom. The summed E-state index contributed by atoms with van der Waals surface area (Å²) < 4.78 is 1.13. The van der Waals surface area contributed by atoms with Crippen LogP contribution in [0.1, 0.15) is 32.3 Å². The van der Waals surface area contributed by atoms with E-state index in [1.54, 1.807) is 23.1 Å². The predicted molar refractivity (Wildman–Crippen MR) is 136 cm³/mol. The van der Waals surface area contributed by atoms with E-state index >= 15 is 0 Å². The van der Waals surface area contributed by atoms with Gasteiger partial charge in [0.2, 0.25) is 5.91 Å². The number of likely N-dealkylation sites (N-methyl/N-ethyl adjacent to an activating group) is 1. The van der Waals surface area contributed by atoms with Crippen LogP contribution in [-0.4, -0.2) is 47.7 Å². The van der Waals surface area contributed by atoms with Gasteiger partial charge in [-0.2, -0.15) is 0 Å². The van der Waals surface area contributed by atoms with Gasteiger partial charge in [-0.15, -0.1) is 11.8 Å². The van der Waals surface area contributed by atoms with Crippen LogP contribution in [0.4, 0.5) is 5.13 Å². The lowest BCUT2D eigenvalue weighted by Gasteiger charge is -2.24. The topological polar surface area (TPSA) is 36.4 Å². The lowest BCUT2D eigenvalue weighted by Crippen LogP contribution is -2.38. The Kier molecular flexibility index (Phi) is 9.20. The zero-order chi connectivity index (χ0) is 22.2. The minimum absolute atomic E-state index is 0.153. The number of anilines is 1. The van der Waals surface area contributed by atoms with Gasteiger partial charge in [0, 0.05) is 29.4 Å². The Hall–Kier alpha value is -1.60. The molecule has 4 nitrogen and oxygen atoms in total. The summed E-state index contributed by atoms with van der Waals surface area (Å²) in [5.74, 6) is 1.05. The minimum Gasteiger partial charge on any atom is -0.302 e. The first-order valence-electron chi connectivity index (χ1n) is 10.8. The van der Waals surface area contributed by atoms with Crippen LogP contribution in [0.5, 0.6) is 0 Å². The number of aryl methyl sites for hydroxylation is 1. The fourth-order valence-electron chi connectivity index (χ4n) is 3.38. The number of carbonyl (C=O) groups excluding carboxylic acids is 1. The van der Waals surface area contributed by atoms with Gasteiger partial charge in [0.25, 0.3) is 0 Å². The van der Waals surface area contributed by atoms with Crippen LogP contribution in [0, 0.1) is 6.92 Å². The number of nitrogens with zero attached hydrogens (tertiary/aromatic N) is 3. The van der Waals surface area contributed by atoms with Crippen LogP contribution >= 0.6 is 34.7 Å². The number of hydrogen-bond donors (Lipinski definition) is 0. The number of thioether (sulfide) groups is 1. The molecule has 166 valence electrons. The van der Waals surface area contributed by atoms with Gasteiger partial charge >= 0.3 is 0 Å². The molecule has 0 saturated heterocycles. The molecule has 0 unspecified atom stereocenters. The van der Waals surface area contributed by atoms with Gasteiger partial charge < -0.3 is 4.90 Å². The highest BCUT2D eigenvalue weighted by molar-refractivity contribution is 7.99. The number of hydrogen-bond acceptors (Lipinski definition) is 5. The van der Waals surface area contributed by atoms with E-state index in [0.717, 1.165) is 57.7 Å². The monoisotopic (exact) mass is 475 g/mol. The van der Waals surface area contributed by atoms with Gasteiger partial charge in [0.05, 0.1) is 10.2 Å². The number of rotatable bonds is 11. The number of fused-ring (bicyclic) bond motifs is 1. The molecule has 0 bridgehead atoms. The van der Waals surface area contributed by atoms with Crippen LogP contribution in [0.15, 0.2) is 47.4 Å². The minimum atomic E-state index is 0.153. The molecule has 3 rings (SSSR count). The summed E-state index contributed by atoms with van der Waals surface area (Å²) >= 11 is 9.32. The third-order valence-electron chi connectivity index (χ3n) is 5.29. The highest BCUT2D eigenvalue weighted by atomic mass is 35.5. The van der Waals surface area contributed by atoms with Crippen molar-refractivity contribution in [2.45, 2.75) is 38.5 Å². The standard InChI is InChI=1S/C24H30ClN3OS2/c1-4-27(5-2)15-16-28(24-26-23-18(3)8-6-9-21(23)31-24)22(29)10-7-17-30-20-13-11-19(25)12-14-20/h6,8-9,11-14H,4-5,7,10,15-17H2,1-3H3. The van der Waals surface area contributed by atoms with Crippen LogP contribution in [-0.2, 0) is 4.79 Å². The first-order chi connectivity index (χ1) is 15.0. The van der Waals surface area contributed by atoms with Crippen molar-refractivity contribution in [3.63, 3.8) is 0 Å². The first-order valence-corrected chi connectivity index (χ1v) is 13.0. The van der Waals surface area contributed by atoms with Gasteiger partial charge in [0.15, 0.2) is 5.13 Å². The van der Waals surface area contributed by atoms with Crippen molar-refractivity contribution in [3.05, 3.63) is 53.1 Å². The summed E-state index contributed by atoms with van der Waals surface area (Å²) in [7, 11) is 0. The second-order valence-electron chi connectivity index (χ2n) is 7.40. The Morgan fingerprint density at radius 3 is 2.52 bits per heavy atom. The molecule has 1 aromatic heterocycles. The predicted octanol–water partition coefficient (Wildman–Crippen LogP) is 6.51. The summed E-state index contributed by atoms with van der Waals surface area (Å²) in [6.07, 6.45) is 1.35. The van der Waals surface area contributed by atoms with E-state index < -0.39 is 0 Å². The van der Waals surface area contributed by atoms with Crippen LogP contribution in [0.3, 0.4) is 0 Å². The summed E-state index contributed by atoms with van der Waals surface area (Å²) in [5, 5.41) is 1.56. The molecule has 0 aliphatic rings. The largest absolute Gasteiger partial charge is 0.302 e. The summed E-state index contributed by atoms with van der Waals surface area (Å²) in [5.41, 5.74) is 2.15. The second kappa shape index (κ2) is 11.9. The smallest absolute Gasteiger partial charge is 0.228 e. The maximum atomic E-state index is 13.2. The molecule has 0 radical (unpaired) electrons. The summed E-state index contributed by atoms with van der Waals surface area (Å²) in [4.78, 5) is 23.5. The van der Waals surface area contributed by atoms with Gasteiger partial charge in [-0.3, -0.25) is 9.69 Å². The van der Waals surface area contributed by atoms with Crippen molar-refractivity contribution in [2.75, 3.05) is 36.8 Å². The van der Waals surface area contributed by atoms with E-state index in [-0.39, 0.29) is 5.91 Å². The molecule has 0 N–H and O–H groups in total. The molecule has 3 aromatic rings. The maximum absolute atomic E-state index is 13.2. The van der Waals surface area contributed by atoms with Crippen molar-refractivity contribution in [2.24, 2.45) is 0 Å². The van der Waals surface area contributed by atoms with E-state index in [1.807, 2.05) is 29.2 Å². The Balaban J connectivity index is 1.66. The fraction of sp³-hybridized carbons (Fsp3) is 0.417. The first kappa shape index (κ1) is 24.1. The summed E-state index contributed by atoms with van der Waals surface area (Å²) in [6.45, 7) is 9.87. The third kappa shape index (κ3) is 6.69. The molecule has 0 aliphatic heterocycles. The average molecular weight is 476 g/mol. The van der Waals surface area contributed by atoms with Crippen molar-refractivity contribution in [3.8, 4) is 0 Å². The zero-order valence-electron chi connectivity index (χ0n) is 18.4. The van der Waals surface area contributed by atoms with Crippen molar-refractivity contribution in [1.82, 2.24) is 9.88 Å². The number of thiazole rings is 1. The van der Waals surface area contributed by atoms with Crippen LogP contribution in [0.2, 0.25) is 5.02 Å². The summed E-state index contributed by atoms with van der Waals surface area (Å²) in [6, 6.07) is 14.1. The molecule has 31 heavy (non-hydrogen) atoms. The molecule has 7 heteroatoms. The average Bonchev–Trinajstić information content (AvgIpc) is 3.21. The lowest BCUT2D eigenvalue weighted by molar-refractivity contribution is -0.118. The van der Waals surface area contributed by atoms with Crippen molar-refractivity contribution >= 4 is 56.0 Å². The Morgan fingerprint density at radius 1 is 1.10 bits per heavy atom. The Bertz CT molecular complexity index is 986. The molecule has 0 saturated carbocycles. The Labute approximate surface area is 198 Å². The van der Waals surface area contributed by atoms with E-state index in [4.69, 9.17) is 16.6 Å². The van der Waals surface area contributed by atoms with E-state index in [9.17, 15) is 4.79 Å². The van der Waals surface area contributed by atoms with Gasteiger partial charge in [-0.25, -0.2) is 4.98 Å². The number of aromatic nitrogens is 1. The van der Waals surface area contributed by atoms with E-state index in [1.165, 1.54) is 4.90 Å². The lowest BCUT2D eigenvalue weighted by atomic mass is 10.2. The number of carbonyl (C=O) groups is 1. The van der Waals surface area contributed by atoms with Crippen molar-refractivity contribution in [1.29, 1.82) is 0 Å². The van der Waals surface area contributed by atoms with Gasteiger partial charge in [0.1, 0.15) is 0 Å². The molecular weight excluding hydrogens is 446 g/mol. The third-order valence-corrected chi connectivity index (χ3v) is 7.69. The normalized spacial score (nSPS) is 11.4. The second-order valence-corrected chi connectivity index (χ2v) is 10.0. The number of benzene rings is 2. The number of para-hydroxylation sites is 1. The number of halogens is 1.